The smallest absolute Gasteiger partial charge is 0.185 e. The van der Waals surface area contributed by atoms with Crippen molar-refractivity contribution >= 4 is 27.5 Å². The summed E-state index contributed by atoms with van der Waals surface area (Å²) in [5.74, 6) is 0.690. The Morgan fingerprint density at radius 2 is 1.82 bits per heavy atom. The fourth-order valence-electron chi connectivity index (χ4n) is 4.82. The molecule has 33 heavy (non-hydrogen) atoms. The van der Waals surface area contributed by atoms with Gasteiger partial charge in [0.05, 0.1) is 24.2 Å². The third-order valence-electron chi connectivity index (χ3n) is 6.83. The summed E-state index contributed by atoms with van der Waals surface area (Å²) in [6, 6.07) is 11.6. The second kappa shape index (κ2) is 7.83. The van der Waals surface area contributed by atoms with Crippen LogP contribution in [0, 0.1) is 13.8 Å². The predicted octanol–water partition coefficient (Wildman–Crippen LogP) is 3.55. The molecule has 8 heteroatoms. The zero-order valence-corrected chi connectivity index (χ0v) is 18.8. The summed E-state index contributed by atoms with van der Waals surface area (Å²) in [4.78, 5) is 12.0. The van der Waals surface area contributed by atoms with Crippen LogP contribution < -0.4 is 0 Å². The molecule has 0 aliphatic carbocycles. The Bertz CT molecular complexity index is 1500. The Hall–Kier alpha value is -3.49. The second-order valence-corrected chi connectivity index (χ2v) is 8.65. The average Bonchev–Trinajstić information content (AvgIpc) is 3.38. The highest BCUT2D eigenvalue weighted by atomic mass is 16.5. The highest BCUT2D eigenvalue weighted by molar-refractivity contribution is 5.96. The topological polar surface area (TPSA) is 80.7 Å². The van der Waals surface area contributed by atoms with Gasteiger partial charge in [0.2, 0.25) is 0 Å². The van der Waals surface area contributed by atoms with Gasteiger partial charge in [0.1, 0.15) is 17.7 Å². The molecule has 1 N–H and O–H groups in total. The van der Waals surface area contributed by atoms with Crippen LogP contribution in [0.15, 0.2) is 42.7 Å². The largest absolute Gasteiger partial charge is 0.507 e. The molecule has 5 aromatic rings. The summed E-state index contributed by atoms with van der Waals surface area (Å²) in [6.07, 6.45) is 1.72. The molecule has 168 valence electrons. The van der Waals surface area contributed by atoms with Crippen molar-refractivity contribution in [2.45, 2.75) is 20.4 Å². The van der Waals surface area contributed by atoms with Gasteiger partial charge in [-0.05, 0) is 30.9 Å². The first-order valence-electron chi connectivity index (χ1n) is 11.3. The van der Waals surface area contributed by atoms with E-state index in [0.29, 0.717) is 11.4 Å². The number of aromatic nitrogens is 5. The number of benzene rings is 2. The van der Waals surface area contributed by atoms with Crippen LogP contribution in [0.1, 0.15) is 11.3 Å². The minimum Gasteiger partial charge on any atom is -0.507 e. The maximum Gasteiger partial charge on any atom is 0.185 e. The number of hydrogen-bond acceptors (Lipinski definition) is 6. The number of phenolic OH excluding ortho intramolecular Hbond substituents is 1. The molecule has 8 nitrogen and oxygen atoms in total. The molecule has 1 fully saturated rings. The summed E-state index contributed by atoms with van der Waals surface area (Å²) in [7, 11) is 0. The van der Waals surface area contributed by atoms with E-state index in [2.05, 4.69) is 28.4 Å². The minimum absolute atomic E-state index is 0.198. The van der Waals surface area contributed by atoms with Gasteiger partial charge < -0.3 is 14.4 Å². The molecule has 0 unspecified atom stereocenters. The number of aromatic hydroxyl groups is 1. The Labute approximate surface area is 191 Å². The fraction of sp³-hybridized carbons (Fsp3) is 0.320. The van der Waals surface area contributed by atoms with E-state index in [4.69, 9.17) is 14.7 Å². The van der Waals surface area contributed by atoms with Crippen molar-refractivity contribution in [3.63, 3.8) is 0 Å². The van der Waals surface area contributed by atoms with Crippen LogP contribution >= 0.6 is 0 Å². The van der Waals surface area contributed by atoms with E-state index in [-0.39, 0.29) is 5.75 Å². The standard InChI is InChI=1S/C25H26N6O2/c1-16-17(2)30(10-9-29-11-13-33-14-12-29)24-21(16)25-27-23(28-31(25)15-26-24)20-8-7-18-5-3-4-6-19(18)22(20)32/h3-8,15,32H,9-14H2,1-2H3. The lowest BCUT2D eigenvalue weighted by atomic mass is 10.1. The van der Waals surface area contributed by atoms with Crippen LogP contribution in [0.25, 0.3) is 38.8 Å². The summed E-state index contributed by atoms with van der Waals surface area (Å²) in [5, 5.41) is 18.3. The molecule has 1 aliphatic heterocycles. The number of rotatable bonds is 4. The Balaban J connectivity index is 1.44. The van der Waals surface area contributed by atoms with Crippen molar-refractivity contribution in [1.82, 2.24) is 29.0 Å². The third-order valence-corrected chi connectivity index (χ3v) is 6.83. The van der Waals surface area contributed by atoms with E-state index in [0.717, 1.165) is 72.4 Å². The lowest BCUT2D eigenvalue weighted by Crippen LogP contribution is -2.38. The monoisotopic (exact) mass is 442 g/mol. The van der Waals surface area contributed by atoms with Crippen LogP contribution in [0.3, 0.4) is 0 Å². The molecule has 0 bridgehead atoms. The van der Waals surface area contributed by atoms with E-state index in [1.165, 1.54) is 5.69 Å². The molecule has 0 spiro atoms. The molecule has 4 heterocycles. The Morgan fingerprint density at radius 3 is 2.67 bits per heavy atom. The van der Waals surface area contributed by atoms with Crippen LogP contribution in [-0.4, -0.2) is 67.0 Å². The first-order chi connectivity index (χ1) is 16.1. The van der Waals surface area contributed by atoms with Crippen molar-refractivity contribution in [3.05, 3.63) is 54.0 Å². The van der Waals surface area contributed by atoms with Crippen LogP contribution in [0.5, 0.6) is 5.75 Å². The number of nitrogens with zero attached hydrogens (tertiary/aromatic N) is 6. The minimum atomic E-state index is 0.198. The number of fused-ring (bicyclic) bond motifs is 4. The zero-order chi connectivity index (χ0) is 22.5. The van der Waals surface area contributed by atoms with Crippen LogP contribution in [0.4, 0.5) is 0 Å². The number of ether oxygens (including phenoxy) is 1. The van der Waals surface area contributed by atoms with Crippen molar-refractivity contribution in [1.29, 1.82) is 0 Å². The van der Waals surface area contributed by atoms with E-state index < -0.39 is 0 Å². The van der Waals surface area contributed by atoms with Gasteiger partial charge in [-0.3, -0.25) is 4.90 Å². The molecule has 0 radical (unpaired) electrons. The van der Waals surface area contributed by atoms with Crippen molar-refractivity contribution in [2.24, 2.45) is 0 Å². The van der Waals surface area contributed by atoms with Gasteiger partial charge >= 0.3 is 0 Å². The molecule has 6 rings (SSSR count). The van der Waals surface area contributed by atoms with Gasteiger partial charge in [-0.25, -0.2) is 14.5 Å². The summed E-state index contributed by atoms with van der Waals surface area (Å²) in [5.41, 5.74) is 4.65. The first kappa shape index (κ1) is 20.1. The molecular weight excluding hydrogens is 416 g/mol. The third kappa shape index (κ3) is 3.25. The van der Waals surface area contributed by atoms with Gasteiger partial charge in [0, 0.05) is 37.3 Å². The molecular formula is C25H26N6O2. The lowest BCUT2D eigenvalue weighted by molar-refractivity contribution is 0.0364. The fourth-order valence-corrected chi connectivity index (χ4v) is 4.82. The van der Waals surface area contributed by atoms with Gasteiger partial charge in [0.15, 0.2) is 11.5 Å². The zero-order valence-electron chi connectivity index (χ0n) is 18.8. The molecule has 0 saturated carbocycles. The second-order valence-electron chi connectivity index (χ2n) is 8.65. The predicted molar refractivity (Wildman–Crippen MR) is 128 cm³/mol. The van der Waals surface area contributed by atoms with E-state index in [1.54, 1.807) is 10.8 Å². The van der Waals surface area contributed by atoms with Gasteiger partial charge in [-0.15, -0.1) is 5.10 Å². The van der Waals surface area contributed by atoms with E-state index in [9.17, 15) is 5.11 Å². The van der Waals surface area contributed by atoms with Crippen LogP contribution in [0.2, 0.25) is 0 Å². The highest BCUT2D eigenvalue weighted by Crippen LogP contribution is 2.35. The van der Waals surface area contributed by atoms with Crippen LogP contribution in [-0.2, 0) is 11.3 Å². The number of hydrogen-bond donors (Lipinski definition) is 1. The Kier molecular flexibility index (Phi) is 4.78. The molecule has 1 saturated heterocycles. The molecule has 3 aromatic heterocycles. The number of morpholine rings is 1. The molecule has 0 amide bonds. The molecule has 1 aliphatic rings. The average molecular weight is 443 g/mol. The SMILES string of the molecule is Cc1c(C)n(CCN2CCOCC2)c2ncn3nc(-c4ccc5ccccc5c4O)nc3c12. The molecule has 0 atom stereocenters. The lowest BCUT2D eigenvalue weighted by Gasteiger charge is -2.26. The van der Waals surface area contributed by atoms with Gasteiger partial charge in [0.25, 0.3) is 0 Å². The number of phenols is 1. The highest BCUT2D eigenvalue weighted by Gasteiger charge is 2.20. The summed E-state index contributed by atoms with van der Waals surface area (Å²) < 4.78 is 9.47. The summed E-state index contributed by atoms with van der Waals surface area (Å²) >= 11 is 0. The van der Waals surface area contributed by atoms with Gasteiger partial charge in [-0.2, -0.15) is 0 Å². The summed E-state index contributed by atoms with van der Waals surface area (Å²) in [6.45, 7) is 9.62. The number of aryl methyl sites for hydroxylation is 1. The van der Waals surface area contributed by atoms with E-state index in [1.807, 2.05) is 36.4 Å². The maximum atomic E-state index is 10.9. The van der Waals surface area contributed by atoms with Crippen molar-refractivity contribution < 1.29 is 9.84 Å². The Morgan fingerprint density at radius 1 is 1.00 bits per heavy atom. The van der Waals surface area contributed by atoms with Crippen molar-refractivity contribution in [2.75, 3.05) is 32.8 Å². The van der Waals surface area contributed by atoms with Gasteiger partial charge in [-0.1, -0.05) is 30.3 Å². The van der Waals surface area contributed by atoms with Crippen molar-refractivity contribution in [3.8, 4) is 17.1 Å². The van der Waals surface area contributed by atoms with E-state index >= 15 is 0 Å². The first-order valence-corrected chi connectivity index (χ1v) is 11.3. The molecule has 2 aromatic carbocycles. The quantitative estimate of drug-likeness (QED) is 0.459. The normalized spacial score (nSPS) is 15.2. The maximum absolute atomic E-state index is 10.9.